The molecule has 1 aliphatic rings. The fourth-order valence-corrected chi connectivity index (χ4v) is 3.15. The Morgan fingerprint density at radius 3 is 2.80 bits per heavy atom. The summed E-state index contributed by atoms with van der Waals surface area (Å²) in [7, 11) is 1.82. The Bertz CT molecular complexity index is 493. The fraction of sp³-hybridized carbons (Fsp3) is 0.533. The molecule has 20 heavy (non-hydrogen) atoms. The third kappa shape index (κ3) is 3.07. The SMILES string of the molecule is CN(C(=O)c1ccc(O)c(Cl)c1)C1CCCCC1CN. The van der Waals surface area contributed by atoms with E-state index in [9.17, 15) is 9.90 Å². The Labute approximate surface area is 124 Å². The van der Waals surface area contributed by atoms with E-state index in [1.54, 1.807) is 11.0 Å². The van der Waals surface area contributed by atoms with Gasteiger partial charge < -0.3 is 15.7 Å². The first kappa shape index (κ1) is 15.1. The first-order valence-corrected chi connectivity index (χ1v) is 7.38. The number of aromatic hydroxyl groups is 1. The highest BCUT2D eigenvalue weighted by atomic mass is 35.5. The molecule has 1 aromatic carbocycles. The Morgan fingerprint density at radius 1 is 1.45 bits per heavy atom. The molecule has 0 aromatic heterocycles. The van der Waals surface area contributed by atoms with Gasteiger partial charge in [0.15, 0.2) is 0 Å². The van der Waals surface area contributed by atoms with Crippen molar-refractivity contribution in [2.75, 3.05) is 13.6 Å². The van der Waals surface area contributed by atoms with Gasteiger partial charge in [0, 0.05) is 18.7 Å². The van der Waals surface area contributed by atoms with Crippen molar-refractivity contribution in [1.29, 1.82) is 0 Å². The Morgan fingerprint density at radius 2 is 2.15 bits per heavy atom. The van der Waals surface area contributed by atoms with Crippen LogP contribution in [0, 0.1) is 5.92 Å². The highest BCUT2D eigenvalue weighted by molar-refractivity contribution is 6.32. The molecule has 2 unspecified atom stereocenters. The van der Waals surface area contributed by atoms with E-state index < -0.39 is 0 Å². The molecule has 2 rings (SSSR count). The van der Waals surface area contributed by atoms with Gasteiger partial charge in [-0.05, 0) is 43.5 Å². The Balaban J connectivity index is 2.16. The number of hydrogen-bond donors (Lipinski definition) is 2. The van der Waals surface area contributed by atoms with Gasteiger partial charge in [-0.25, -0.2) is 0 Å². The van der Waals surface area contributed by atoms with Crippen LogP contribution >= 0.6 is 11.6 Å². The zero-order valence-electron chi connectivity index (χ0n) is 11.7. The zero-order chi connectivity index (χ0) is 14.7. The van der Waals surface area contributed by atoms with E-state index in [1.807, 2.05) is 7.05 Å². The maximum Gasteiger partial charge on any atom is 0.253 e. The maximum absolute atomic E-state index is 12.5. The minimum absolute atomic E-state index is 0.0108. The molecule has 1 saturated carbocycles. The van der Waals surface area contributed by atoms with Crippen molar-refractivity contribution in [2.24, 2.45) is 11.7 Å². The largest absolute Gasteiger partial charge is 0.506 e. The predicted octanol–water partition coefficient (Wildman–Crippen LogP) is 2.64. The summed E-state index contributed by atoms with van der Waals surface area (Å²) in [6.07, 6.45) is 4.39. The fourth-order valence-electron chi connectivity index (χ4n) is 2.97. The molecule has 0 aliphatic heterocycles. The van der Waals surface area contributed by atoms with Gasteiger partial charge >= 0.3 is 0 Å². The average Bonchev–Trinajstić information content (AvgIpc) is 2.48. The van der Waals surface area contributed by atoms with Crippen molar-refractivity contribution in [3.8, 4) is 5.75 Å². The van der Waals surface area contributed by atoms with Crippen LogP contribution < -0.4 is 5.73 Å². The second-order valence-corrected chi connectivity index (χ2v) is 5.84. The monoisotopic (exact) mass is 296 g/mol. The van der Waals surface area contributed by atoms with Crippen LogP contribution in [-0.2, 0) is 0 Å². The van der Waals surface area contributed by atoms with Crippen molar-refractivity contribution in [2.45, 2.75) is 31.7 Å². The van der Waals surface area contributed by atoms with Crippen LogP contribution in [0.2, 0.25) is 5.02 Å². The van der Waals surface area contributed by atoms with Crippen LogP contribution in [0.4, 0.5) is 0 Å². The minimum atomic E-state index is -0.0720. The van der Waals surface area contributed by atoms with Crippen molar-refractivity contribution < 1.29 is 9.90 Å². The third-order valence-corrected chi connectivity index (χ3v) is 4.49. The first-order chi connectivity index (χ1) is 9.54. The molecule has 5 heteroatoms. The number of benzene rings is 1. The molecule has 0 bridgehead atoms. The molecule has 0 saturated heterocycles. The van der Waals surface area contributed by atoms with E-state index in [1.165, 1.54) is 18.6 Å². The molecule has 0 heterocycles. The number of nitrogens with two attached hydrogens (primary N) is 1. The van der Waals surface area contributed by atoms with Gasteiger partial charge in [-0.2, -0.15) is 0 Å². The predicted molar refractivity (Wildman–Crippen MR) is 80.0 cm³/mol. The number of phenolic OH excluding ortho intramolecular Hbond substituents is 1. The van der Waals surface area contributed by atoms with E-state index in [4.69, 9.17) is 17.3 Å². The lowest BCUT2D eigenvalue weighted by atomic mass is 9.83. The zero-order valence-corrected chi connectivity index (χ0v) is 12.4. The van der Waals surface area contributed by atoms with Gasteiger partial charge in [0.1, 0.15) is 5.75 Å². The second-order valence-electron chi connectivity index (χ2n) is 5.43. The van der Waals surface area contributed by atoms with E-state index in [-0.39, 0.29) is 22.7 Å². The summed E-state index contributed by atoms with van der Waals surface area (Å²) in [5.41, 5.74) is 6.32. The van der Waals surface area contributed by atoms with Gasteiger partial charge in [-0.3, -0.25) is 4.79 Å². The maximum atomic E-state index is 12.5. The summed E-state index contributed by atoms with van der Waals surface area (Å²) in [6.45, 7) is 0.610. The van der Waals surface area contributed by atoms with Gasteiger partial charge in [0.2, 0.25) is 0 Å². The van der Waals surface area contributed by atoms with E-state index >= 15 is 0 Å². The summed E-state index contributed by atoms with van der Waals surface area (Å²) in [4.78, 5) is 14.3. The summed E-state index contributed by atoms with van der Waals surface area (Å²) in [6, 6.07) is 4.75. The van der Waals surface area contributed by atoms with Crippen LogP contribution in [0.1, 0.15) is 36.0 Å². The van der Waals surface area contributed by atoms with Gasteiger partial charge in [-0.15, -0.1) is 0 Å². The number of halogens is 1. The quantitative estimate of drug-likeness (QED) is 0.901. The third-order valence-electron chi connectivity index (χ3n) is 4.18. The molecule has 0 radical (unpaired) electrons. The van der Waals surface area contributed by atoms with E-state index in [0.717, 1.165) is 19.3 Å². The lowest BCUT2D eigenvalue weighted by Gasteiger charge is -2.37. The molecule has 3 N–H and O–H groups in total. The smallest absolute Gasteiger partial charge is 0.253 e. The van der Waals surface area contributed by atoms with Gasteiger partial charge in [-0.1, -0.05) is 24.4 Å². The molecule has 1 amide bonds. The lowest BCUT2D eigenvalue weighted by Crippen LogP contribution is -2.45. The van der Waals surface area contributed by atoms with Crippen molar-refractivity contribution in [3.63, 3.8) is 0 Å². The summed E-state index contributed by atoms with van der Waals surface area (Å²) in [5.74, 6) is 0.283. The van der Waals surface area contributed by atoms with Gasteiger partial charge in [0.05, 0.1) is 5.02 Å². The number of carbonyl (C=O) groups excluding carboxylic acids is 1. The van der Waals surface area contributed by atoms with Crippen LogP contribution in [0.15, 0.2) is 18.2 Å². The van der Waals surface area contributed by atoms with Gasteiger partial charge in [0.25, 0.3) is 5.91 Å². The first-order valence-electron chi connectivity index (χ1n) is 7.00. The second kappa shape index (κ2) is 6.46. The van der Waals surface area contributed by atoms with Crippen LogP contribution in [0.3, 0.4) is 0 Å². The molecular formula is C15H21ClN2O2. The minimum Gasteiger partial charge on any atom is -0.506 e. The summed E-state index contributed by atoms with van der Waals surface area (Å²) in [5, 5.41) is 9.62. The van der Waals surface area contributed by atoms with Crippen LogP contribution in [0.5, 0.6) is 5.75 Å². The average molecular weight is 297 g/mol. The number of nitrogens with zero attached hydrogens (tertiary/aromatic N) is 1. The molecule has 2 atom stereocenters. The Kier molecular flexibility index (Phi) is 4.89. The molecule has 110 valence electrons. The van der Waals surface area contributed by atoms with Crippen molar-refractivity contribution in [3.05, 3.63) is 28.8 Å². The number of amides is 1. The standard InChI is InChI=1S/C15H21ClN2O2/c1-18(13-5-3-2-4-11(13)9-17)15(20)10-6-7-14(19)12(16)8-10/h6-8,11,13,19H,2-5,9,17H2,1H3. The lowest BCUT2D eigenvalue weighted by molar-refractivity contribution is 0.0620. The van der Waals surface area contributed by atoms with Crippen LogP contribution in [-0.4, -0.2) is 35.5 Å². The van der Waals surface area contributed by atoms with E-state index in [2.05, 4.69) is 0 Å². The normalized spacial score (nSPS) is 22.6. The van der Waals surface area contributed by atoms with Crippen molar-refractivity contribution >= 4 is 17.5 Å². The number of phenols is 1. The Hall–Kier alpha value is -1.26. The highest BCUT2D eigenvalue weighted by Crippen LogP contribution is 2.29. The number of hydrogen-bond acceptors (Lipinski definition) is 3. The molecule has 1 fully saturated rings. The molecule has 1 aromatic rings. The molecular weight excluding hydrogens is 276 g/mol. The number of carbonyl (C=O) groups is 1. The van der Waals surface area contributed by atoms with E-state index in [0.29, 0.717) is 18.0 Å². The molecule has 1 aliphatic carbocycles. The van der Waals surface area contributed by atoms with Crippen molar-refractivity contribution in [1.82, 2.24) is 4.90 Å². The topological polar surface area (TPSA) is 66.6 Å². The summed E-state index contributed by atoms with van der Waals surface area (Å²) >= 11 is 5.86. The molecule has 0 spiro atoms. The highest BCUT2D eigenvalue weighted by Gasteiger charge is 2.30. The van der Waals surface area contributed by atoms with Crippen LogP contribution in [0.25, 0.3) is 0 Å². The summed E-state index contributed by atoms with van der Waals surface area (Å²) < 4.78 is 0. The number of rotatable bonds is 3. The molecule has 4 nitrogen and oxygen atoms in total.